The summed E-state index contributed by atoms with van der Waals surface area (Å²) in [6.45, 7) is 2.98. The highest BCUT2D eigenvalue weighted by molar-refractivity contribution is 9.10. The van der Waals surface area contributed by atoms with Crippen LogP contribution in [0.4, 0.5) is 5.69 Å². The molecule has 2 rings (SSSR count). The van der Waals surface area contributed by atoms with E-state index >= 15 is 0 Å². The number of aromatic carboxylic acids is 1. The number of rotatable bonds is 8. The minimum absolute atomic E-state index is 0.166. The second kappa shape index (κ2) is 8.97. The summed E-state index contributed by atoms with van der Waals surface area (Å²) in [5, 5.41) is 12.7. The van der Waals surface area contributed by atoms with Crippen molar-refractivity contribution in [2.75, 3.05) is 19.0 Å². The van der Waals surface area contributed by atoms with Gasteiger partial charge in [0.05, 0.1) is 30.0 Å². The van der Waals surface area contributed by atoms with E-state index in [2.05, 4.69) is 21.2 Å². The molecule has 0 aliphatic heterocycles. The number of anilines is 1. The number of ether oxygens (including phenoxy) is 2. The van der Waals surface area contributed by atoms with Crippen LogP contribution in [0.15, 0.2) is 34.8 Å². The van der Waals surface area contributed by atoms with Gasteiger partial charge in [-0.2, -0.15) is 0 Å². The van der Waals surface area contributed by atoms with Crippen molar-refractivity contribution < 1.29 is 19.4 Å². The fraction of sp³-hybridized carbons (Fsp3) is 0.278. The first kappa shape index (κ1) is 19.4. The van der Waals surface area contributed by atoms with E-state index < -0.39 is 5.97 Å². The molecular weight excluding hydrogens is 410 g/mol. The summed E-state index contributed by atoms with van der Waals surface area (Å²) in [6.07, 6.45) is 0.870. The number of hydrogen-bond acceptors (Lipinski definition) is 4. The summed E-state index contributed by atoms with van der Waals surface area (Å²) in [6, 6.07) is 8.24. The average Bonchev–Trinajstić information content (AvgIpc) is 2.60. The number of halogens is 2. The molecule has 0 aromatic heterocycles. The van der Waals surface area contributed by atoms with E-state index in [9.17, 15) is 4.79 Å². The van der Waals surface area contributed by atoms with Crippen molar-refractivity contribution in [3.8, 4) is 11.5 Å². The van der Waals surface area contributed by atoms with Gasteiger partial charge in [0.15, 0.2) is 11.5 Å². The molecule has 5 nitrogen and oxygen atoms in total. The molecule has 134 valence electrons. The highest BCUT2D eigenvalue weighted by Gasteiger charge is 2.15. The Morgan fingerprint density at radius 1 is 1.32 bits per heavy atom. The van der Waals surface area contributed by atoms with Gasteiger partial charge in [0, 0.05) is 16.6 Å². The molecule has 0 spiro atoms. The van der Waals surface area contributed by atoms with Crippen molar-refractivity contribution in [3.05, 3.63) is 51.0 Å². The molecule has 0 unspecified atom stereocenters. The van der Waals surface area contributed by atoms with Gasteiger partial charge in [-0.15, -0.1) is 0 Å². The molecule has 0 radical (unpaired) electrons. The Kier molecular flexibility index (Phi) is 6.96. The molecule has 2 aromatic rings. The number of hydrogen-bond donors (Lipinski definition) is 2. The van der Waals surface area contributed by atoms with Crippen LogP contribution in [0.5, 0.6) is 11.5 Å². The number of methoxy groups -OCH3 is 1. The van der Waals surface area contributed by atoms with Crippen molar-refractivity contribution >= 4 is 39.2 Å². The zero-order valence-electron chi connectivity index (χ0n) is 13.9. The highest BCUT2D eigenvalue weighted by Crippen LogP contribution is 2.37. The SMILES string of the molecule is CCCOc1c(OC)ccc(Br)c1CNc1cc(C(=O)O)ccc1Cl. The second-order valence-corrected chi connectivity index (χ2v) is 6.52. The zero-order chi connectivity index (χ0) is 18.4. The van der Waals surface area contributed by atoms with E-state index in [1.54, 1.807) is 13.2 Å². The third-order valence-corrected chi connectivity index (χ3v) is 4.58. The summed E-state index contributed by atoms with van der Waals surface area (Å²) in [5.74, 6) is 0.282. The van der Waals surface area contributed by atoms with E-state index in [1.807, 2.05) is 19.1 Å². The second-order valence-electron chi connectivity index (χ2n) is 5.26. The summed E-state index contributed by atoms with van der Waals surface area (Å²) in [4.78, 5) is 11.1. The van der Waals surface area contributed by atoms with Gasteiger partial charge < -0.3 is 19.9 Å². The van der Waals surface area contributed by atoms with Crippen LogP contribution in [0.3, 0.4) is 0 Å². The van der Waals surface area contributed by atoms with Crippen LogP contribution in [0.1, 0.15) is 29.3 Å². The highest BCUT2D eigenvalue weighted by atomic mass is 79.9. The smallest absolute Gasteiger partial charge is 0.335 e. The Hall–Kier alpha value is -1.92. The molecule has 2 aromatic carbocycles. The van der Waals surface area contributed by atoms with E-state index in [-0.39, 0.29) is 5.56 Å². The number of carboxylic acids is 1. The lowest BCUT2D eigenvalue weighted by Gasteiger charge is -2.17. The number of benzene rings is 2. The predicted molar refractivity (Wildman–Crippen MR) is 102 cm³/mol. The van der Waals surface area contributed by atoms with Gasteiger partial charge in [-0.05, 0) is 36.8 Å². The minimum atomic E-state index is -1.01. The van der Waals surface area contributed by atoms with Gasteiger partial charge in [0.1, 0.15) is 0 Å². The quantitative estimate of drug-likeness (QED) is 0.604. The summed E-state index contributed by atoms with van der Waals surface area (Å²) in [5.41, 5.74) is 1.57. The Morgan fingerprint density at radius 3 is 2.72 bits per heavy atom. The standard InChI is InChI=1S/C18H19BrClNO4/c1-3-8-25-17-12(13(19)5-7-16(17)24-2)10-21-15-9-11(18(22)23)4-6-14(15)20/h4-7,9,21H,3,8,10H2,1-2H3,(H,22,23). The van der Waals surface area contributed by atoms with Crippen molar-refractivity contribution in [2.24, 2.45) is 0 Å². The zero-order valence-corrected chi connectivity index (χ0v) is 16.3. The Balaban J connectivity index is 2.31. The van der Waals surface area contributed by atoms with Crippen LogP contribution in [0.25, 0.3) is 0 Å². The molecule has 0 aliphatic rings. The van der Waals surface area contributed by atoms with Crippen LogP contribution in [-0.2, 0) is 6.54 Å². The molecule has 0 fully saturated rings. The fourth-order valence-corrected chi connectivity index (χ4v) is 2.88. The van der Waals surface area contributed by atoms with Gasteiger partial charge in [-0.3, -0.25) is 0 Å². The fourth-order valence-electron chi connectivity index (χ4n) is 2.25. The predicted octanol–water partition coefficient (Wildman–Crippen LogP) is 5.21. The summed E-state index contributed by atoms with van der Waals surface area (Å²) < 4.78 is 12.1. The Morgan fingerprint density at radius 2 is 2.08 bits per heavy atom. The molecule has 7 heteroatoms. The maximum atomic E-state index is 11.1. The van der Waals surface area contributed by atoms with Crippen molar-refractivity contribution in [1.29, 1.82) is 0 Å². The minimum Gasteiger partial charge on any atom is -0.493 e. The largest absolute Gasteiger partial charge is 0.493 e. The number of nitrogens with one attached hydrogen (secondary N) is 1. The molecule has 0 aliphatic carbocycles. The van der Waals surface area contributed by atoms with Crippen LogP contribution in [0, 0.1) is 0 Å². The van der Waals surface area contributed by atoms with Crippen LogP contribution in [0.2, 0.25) is 5.02 Å². The van der Waals surface area contributed by atoms with E-state index in [0.29, 0.717) is 35.4 Å². The molecular formula is C18H19BrClNO4. The first-order valence-electron chi connectivity index (χ1n) is 7.72. The van der Waals surface area contributed by atoms with Gasteiger partial charge in [0.25, 0.3) is 0 Å². The third-order valence-electron chi connectivity index (χ3n) is 3.51. The van der Waals surface area contributed by atoms with Crippen LogP contribution >= 0.6 is 27.5 Å². The summed E-state index contributed by atoms with van der Waals surface area (Å²) in [7, 11) is 1.59. The monoisotopic (exact) mass is 427 g/mol. The van der Waals surface area contributed by atoms with Crippen molar-refractivity contribution in [2.45, 2.75) is 19.9 Å². The first-order chi connectivity index (χ1) is 12.0. The van der Waals surface area contributed by atoms with Gasteiger partial charge in [0.2, 0.25) is 0 Å². The maximum absolute atomic E-state index is 11.1. The van der Waals surface area contributed by atoms with Crippen molar-refractivity contribution in [1.82, 2.24) is 0 Å². The molecule has 2 N–H and O–H groups in total. The van der Waals surface area contributed by atoms with E-state index in [0.717, 1.165) is 16.5 Å². The topological polar surface area (TPSA) is 67.8 Å². The summed E-state index contributed by atoms with van der Waals surface area (Å²) >= 11 is 9.70. The lowest BCUT2D eigenvalue weighted by molar-refractivity contribution is 0.0697. The number of carbonyl (C=O) groups is 1. The molecule has 25 heavy (non-hydrogen) atoms. The average molecular weight is 429 g/mol. The third kappa shape index (κ3) is 4.80. The van der Waals surface area contributed by atoms with Crippen LogP contribution in [-0.4, -0.2) is 24.8 Å². The Labute approximate surface area is 160 Å². The van der Waals surface area contributed by atoms with E-state index in [1.165, 1.54) is 12.1 Å². The Bertz CT molecular complexity index is 767. The first-order valence-corrected chi connectivity index (χ1v) is 8.89. The maximum Gasteiger partial charge on any atom is 0.335 e. The lowest BCUT2D eigenvalue weighted by Crippen LogP contribution is -2.07. The lowest BCUT2D eigenvalue weighted by atomic mass is 10.1. The van der Waals surface area contributed by atoms with Crippen LogP contribution < -0.4 is 14.8 Å². The van der Waals surface area contributed by atoms with Gasteiger partial charge in [-0.1, -0.05) is 34.5 Å². The molecule has 0 bridgehead atoms. The van der Waals surface area contributed by atoms with E-state index in [4.69, 9.17) is 26.2 Å². The molecule has 0 saturated heterocycles. The molecule has 0 heterocycles. The molecule has 0 atom stereocenters. The van der Waals surface area contributed by atoms with Gasteiger partial charge >= 0.3 is 5.97 Å². The van der Waals surface area contributed by atoms with Gasteiger partial charge in [-0.25, -0.2) is 4.79 Å². The normalized spacial score (nSPS) is 10.4. The number of carboxylic acid groups (broad SMARTS) is 1. The van der Waals surface area contributed by atoms with Crippen molar-refractivity contribution in [3.63, 3.8) is 0 Å². The molecule has 0 saturated carbocycles. The molecule has 0 amide bonds.